The lowest BCUT2D eigenvalue weighted by atomic mass is 10.2. The highest BCUT2D eigenvalue weighted by Gasteiger charge is 2.20. The van der Waals surface area contributed by atoms with Crippen molar-refractivity contribution < 1.29 is 0 Å². The highest BCUT2D eigenvalue weighted by atomic mass is 32.2. The van der Waals surface area contributed by atoms with Gasteiger partial charge < -0.3 is 4.57 Å². The second-order valence-corrected chi connectivity index (χ2v) is 7.33. The van der Waals surface area contributed by atoms with Gasteiger partial charge in [-0.3, -0.25) is 13.9 Å². The molecule has 2 aromatic heterocycles. The first-order valence-electron chi connectivity index (χ1n) is 8.92. The van der Waals surface area contributed by atoms with E-state index >= 15 is 0 Å². The first kappa shape index (κ1) is 18.3. The third-order valence-corrected chi connectivity index (χ3v) is 5.42. The maximum atomic E-state index is 13.3. The minimum absolute atomic E-state index is 0.230. The van der Waals surface area contributed by atoms with E-state index in [2.05, 4.69) is 4.98 Å². The van der Waals surface area contributed by atoms with Crippen LogP contribution in [0, 0.1) is 0 Å². The summed E-state index contributed by atoms with van der Waals surface area (Å²) in [4.78, 5) is 30.7. The first-order chi connectivity index (χ1) is 13.6. The zero-order chi connectivity index (χ0) is 19.7. The van der Waals surface area contributed by atoms with Gasteiger partial charge >= 0.3 is 5.69 Å². The Bertz CT molecular complexity index is 1240. The number of aromatic nitrogens is 4. The van der Waals surface area contributed by atoms with Gasteiger partial charge in [0, 0.05) is 7.05 Å². The van der Waals surface area contributed by atoms with Crippen molar-refractivity contribution in [1.82, 2.24) is 18.7 Å². The van der Waals surface area contributed by atoms with E-state index in [-0.39, 0.29) is 17.8 Å². The lowest BCUT2D eigenvalue weighted by molar-refractivity contribution is 0.651. The van der Waals surface area contributed by atoms with Gasteiger partial charge in [0.05, 0.1) is 13.1 Å². The second kappa shape index (κ2) is 7.52. The number of rotatable bonds is 5. The van der Waals surface area contributed by atoms with E-state index in [0.29, 0.717) is 22.9 Å². The number of nitrogens with zero attached hydrogens (tertiary/aromatic N) is 4. The van der Waals surface area contributed by atoms with Gasteiger partial charge in [-0.2, -0.15) is 0 Å². The van der Waals surface area contributed by atoms with Crippen LogP contribution in [0.1, 0.15) is 11.1 Å². The molecule has 0 amide bonds. The minimum atomic E-state index is -0.363. The molecule has 0 unspecified atom stereocenters. The standard InChI is InChI=1S/C21H20N4O2S/c1-23-18-17(19(26)25(21(23)27)14-16-11-7-4-8-12-16)24(20(22-18)28-2)13-15-9-5-3-6-10-15/h3-12H,13-14H2,1-2H3. The van der Waals surface area contributed by atoms with Crippen molar-refractivity contribution >= 4 is 22.9 Å². The molecule has 0 fully saturated rings. The molecule has 7 heteroatoms. The molecule has 2 heterocycles. The fourth-order valence-electron chi connectivity index (χ4n) is 3.33. The Morgan fingerprint density at radius 3 is 1.93 bits per heavy atom. The fourth-order valence-corrected chi connectivity index (χ4v) is 3.88. The number of imidazole rings is 1. The predicted octanol–water partition coefficient (Wildman–Crippen LogP) is 2.72. The predicted molar refractivity (Wildman–Crippen MR) is 112 cm³/mol. The van der Waals surface area contributed by atoms with Crippen LogP contribution in [0.2, 0.25) is 0 Å². The Kier molecular flexibility index (Phi) is 4.92. The Hall–Kier alpha value is -3.06. The maximum Gasteiger partial charge on any atom is 0.332 e. The number of thioether (sulfide) groups is 1. The van der Waals surface area contributed by atoms with Crippen molar-refractivity contribution in [1.29, 1.82) is 0 Å². The van der Waals surface area contributed by atoms with Crippen LogP contribution in [0.4, 0.5) is 0 Å². The molecule has 0 spiro atoms. The molecule has 0 aliphatic carbocycles. The summed E-state index contributed by atoms with van der Waals surface area (Å²) in [5.74, 6) is 0. The zero-order valence-corrected chi connectivity index (χ0v) is 16.5. The highest BCUT2D eigenvalue weighted by molar-refractivity contribution is 7.98. The van der Waals surface area contributed by atoms with E-state index in [1.165, 1.54) is 20.9 Å². The summed E-state index contributed by atoms with van der Waals surface area (Å²) in [6.45, 7) is 0.750. The van der Waals surface area contributed by atoms with Crippen molar-refractivity contribution in [3.63, 3.8) is 0 Å². The molecule has 0 N–H and O–H groups in total. The van der Waals surface area contributed by atoms with Crippen LogP contribution in [0.25, 0.3) is 11.2 Å². The average molecular weight is 392 g/mol. The van der Waals surface area contributed by atoms with Gasteiger partial charge in [-0.1, -0.05) is 72.4 Å². The van der Waals surface area contributed by atoms with Crippen molar-refractivity contribution in [3.8, 4) is 0 Å². The summed E-state index contributed by atoms with van der Waals surface area (Å²) in [5, 5.41) is 0.711. The monoisotopic (exact) mass is 392 g/mol. The largest absolute Gasteiger partial charge is 0.332 e. The van der Waals surface area contributed by atoms with Crippen LogP contribution < -0.4 is 11.2 Å². The molecule has 0 aliphatic heterocycles. The van der Waals surface area contributed by atoms with Gasteiger partial charge in [-0.25, -0.2) is 9.78 Å². The van der Waals surface area contributed by atoms with Crippen LogP contribution in [-0.2, 0) is 20.1 Å². The van der Waals surface area contributed by atoms with E-state index in [0.717, 1.165) is 11.1 Å². The number of hydrogen-bond donors (Lipinski definition) is 0. The summed E-state index contributed by atoms with van der Waals surface area (Å²) in [6, 6.07) is 19.4. The number of fused-ring (bicyclic) bond motifs is 1. The van der Waals surface area contributed by atoms with Crippen molar-refractivity contribution in [2.45, 2.75) is 18.2 Å². The van der Waals surface area contributed by atoms with Crippen LogP contribution in [0.5, 0.6) is 0 Å². The molecule has 4 rings (SSSR count). The number of benzene rings is 2. The number of aryl methyl sites for hydroxylation is 1. The molecule has 0 bridgehead atoms. The van der Waals surface area contributed by atoms with Gasteiger partial charge in [0.25, 0.3) is 5.56 Å². The highest BCUT2D eigenvalue weighted by Crippen LogP contribution is 2.21. The molecule has 0 saturated heterocycles. The lowest BCUT2D eigenvalue weighted by Gasteiger charge is -2.11. The van der Waals surface area contributed by atoms with Crippen molar-refractivity contribution in [2.24, 2.45) is 7.05 Å². The van der Waals surface area contributed by atoms with E-state index in [9.17, 15) is 9.59 Å². The van der Waals surface area contributed by atoms with Crippen molar-refractivity contribution in [3.05, 3.63) is 92.6 Å². The molecule has 0 radical (unpaired) electrons. The minimum Gasteiger partial charge on any atom is -0.309 e. The molecule has 0 atom stereocenters. The Morgan fingerprint density at radius 1 is 0.857 bits per heavy atom. The van der Waals surface area contributed by atoms with Crippen LogP contribution in [-0.4, -0.2) is 24.9 Å². The normalized spacial score (nSPS) is 11.2. The Balaban J connectivity index is 1.94. The van der Waals surface area contributed by atoms with Crippen LogP contribution in [0.3, 0.4) is 0 Å². The van der Waals surface area contributed by atoms with E-state index in [1.54, 1.807) is 7.05 Å². The molecule has 0 saturated carbocycles. The van der Waals surface area contributed by atoms with Crippen molar-refractivity contribution in [2.75, 3.05) is 6.26 Å². The summed E-state index contributed by atoms with van der Waals surface area (Å²) >= 11 is 1.46. The van der Waals surface area contributed by atoms with Gasteiger partial charge in [0.15, 0.2) is 16.3 Å². The van der Waals surface area contributed by atoms with Gasteiger partial charge in [0.2, 0.25) is 0 Å². The topological polar surface area (TPSA) is 61.8 Å². The van der Waals surface area contributed by atoms with E-state index < -0.39 is 0 Å². The smallest absolute Gasteiger partial charge is 0.309 e. The quantitative estimate of drug-likeness (QED) is 0.490. The maximum absolute atomic E-state index is 13.3. The average Bonchev–Trinajstić information content (AvgIpc) is 3.09. The molecule has 2 aromatic carbocycles. The number of hydrogen-bond acceptors (Lipinski definition) is 4. The van der Waals surface area contributed by atoms with E-state index in [1.807, 2.05) is 71.5 Å². The molecule has 6 nitrogen and oxygen atoms in total. The third-order valence-electron chi connectivity index (χ3n) is 4.75. The molecule has 28 heavy (non-hydrogen) atoms. The fraction of sp³-hybridized carbons (Fsp3) is 0.190. The van der Waals surface area contributed by atoms with E-state index in [4.69, 9.17) is 0 Å². The summed E-state index contributed by atoms with van der Waals surface area (Å²) in [5.41, 5.74) is 2.16. The van der Waals surface area contributed by atoms with Crippen LogP contribution >= 0.6 is 11.8 Å². The molecule has 0 aliphatic rings. The molecule has 142 valence electrons. The van der Waals surface area contributed by atoms with Crippen LogP contribution in [0.15, 0.2) is 75.4 Å². The van der Waals surface area contributed by atoms with Gasteiger partial charge in [0.1, 0.15) is 0 Å². The third kappa shape index (κ3) is 3.18. The molecule has 4 aromatic rings. The Morgan fingerprint density at radius 2 is 1.39 bits per heavy atom. The van der Waals surface area contributed by atoms with Gasteiger partial charge in [-0.05, 0) is 17.4 Å². The SMILES string of the molecule is CSc1nc2c(c(=O)n(Cc3ccccc3)c(=O)n2C)n1Cc1ccccc1. The first-order valence-corrected chi connectivity index (χ1v) is 10.1. The summed E-state index contributed by atoms with van der Waals surface area (Å²) < 4.78 is 4.64. The summed E-state index contributed by atoms with van der Waals surface area (Å²) in [7, 11) is 1.66. The summed E-state index contributed by atoms with van der Waals surface area (Å²) in [6.07, 6.45) is 1.92. The second-order valence-electron chi connectivity index (χ2n) is 6.56. The Labute approximate surface area is 166 Å². The van der Waals surface area contributed by atoms with Gasteiger partial charge in [-0.15, -0.1) is 0 Å². The molecular weight excluding hydrogens is 372 g/mol. The molecular formula is C21H20N4O2S. The lowest BCUT2D eigenvalue weighted by Crippen LogP contribution is -2.40. The zero-order valence-electron chi connectivity index (χ0n) is 15.7.